The van der Waals surface area contributed by atoms with Crippen molar-refractivity contribution in [2.75, 3.05) is 29.1 Å². The Morgan fingerprint density at radius 2 is 1.97 bits per heavy atom. The number of ether oxygens (including phenoxy) is 1. The van der Waals surface area contributed by atoms with Gasteiger partial charge in [-0.1, -0.05) is 12.1 Å². The Bertz CT molecular complexity index is 1080. The van der Waals surface area contributed by atoms with Gasteiger partial charge in [0.1, 0.15) is 5.75 Å². The third-order valence-electron chi connectivity index (χ3n) is 4.80. The zero-order valence-electron chi connectivity index (χ0n) is 16.8. The highest BCUT2D eigenvalue weighted by molar-refractivity contribution is 9.10. The summed E-state index contributed by atoms with van der Waals surface area (Å²) < 4.78 is 31.7. The normalized spacial score (nSPS) is 13.1. The minimum atomic E-state index is -3.75. The summed E-state index contributed by atoms with van der Waals surface area (Å²) in [5, 5.41) is 2.70. The molecule has 1 heterocycles. The van der Waals surface area contributed by atoms with Crippen LogP contribution in [0.4, 0.5) is 11.4 Å². The number of halogens is 1. The standard InChI is InChI=1S/C21H23BrN2O5S/c1-3-29-19-7-5-4-6-17(19)23-21(26)9-11-30(27,28)20-13-18-15(12-16(20)22)8-10-24(18)14(2)25/h4-7,12-13H,3,8-11H2,1-2H3,(H,23,26). The molecule has 0 aromatic heterocycles. The Labute approximate surface area is 184 Å². The first-order valence-corrected chi connectivity index (χ1v) is 12.0. The van der Waals surface area contributed by atoms with Gasteiger partial charge in [-0.05, 0) is 59.1 Å². The van der Waals surface area contributed by atoms with E-state index in [0.717, 1.165) is 5.56 Å². The minimum Gasteiger partial charge on any atom is -0.492 e. The number of benzene rings is 2. The van der Waals surface area contributed by atoms with Crippen molar-refractivity contribution in [3.05, 3.63) is 46.4 Å². The van der Waals surface area contributed by atoms with E-state index in [0.29, 0.717) is 41.2 Å². The van der Waals surface area contributed by atoms with Gasteiger partial charge in [0.05, 0.1) is 22.9 Å². The molecule has 1 aliphatic rings. The molecule has 7 nitrogen and oxygen atoms in total. The molecule has 2 amide bonds. The molecule has 160 valence electrons. The molecule has 0 unspecified atom stereocenters. The third-order valence-corrected chi connectivity index (χ3v) is 7.47. The van der Waals surface area contributed by atoms with E-state index in [4.69, 9.17) is 4.74 Å². The maximum absolute atomic E-state index is 12.9. The first kappa shape index (κ1) is 22.3. The summed E-state index contributed by atoms with van der Waals surface area (Å²) >= 11 is 3.33. The summed E-state index contributed by atoms with van der Waals surface area (Å²) in [6.45, 7) is 4.27. The number of hydrogen-bond donors (Lipinski definition) is 1. The Hall–Kier alpha value is -2.39. The molecule has 0 bridgehead atoms. The van der Waals surface area contributed by atoms with E-state index in [1.165, 1.54) is 13.0 Å². The maximum atomic E-state index is 12.9. The van der Waals surface area contributed by atoms with E-state index in [-0.39, 0.29) is 23.0 Å². The van der Waals surface area contributed by atoms with Gasteiger partial charge in [0.2, 0.25) is 11.8 Å². The van der Waals surface area contributed by atoms with Crippen molar-refractivity contribution >= 4 is 49.0 Å². The highest BCUT2D eigenvalue weighted by Crippen LogP contribution is 2.36. The van der Waals surface area contributed by atoms with E-state index >= 15 is 0 Å². The average Bonchev–Trinajstić information content (AvgIpc) is 3.10. The number of anilines is 2. The van der Waals surface area contributed by atoms with Crippen LogP contribution in [0.15, 0.2) is 45.8 Å². The minimum absolute atomic E-state index is 0.0805. The lowest BCUT2D eigenvalue weighted by molar-refractivity contribution is -0.117. The van der Waals surface area contributed by atoms with Crippen molar-refractivity contribution in [1.82, 2.24) is 0 Å². The Morgan fingerprint density at radius 1 is 1.23 bits per heavy atom. The van der Waals surface area contributed by atoms with Crippen LogP contribution in [0.3, 0.4) is 0 Å². The van der Waals surface area contributed by atoms with Gasteiger partial charge in [0.25, 0.3) is 0 Å². The summed E-state index contributed by atoms with van der Waals surface area (Å²) in [5.74, 6) is -0.380. The quantitative estimate of drug-likeness (QED) is 0.634. The Kier molecular flexibility index (Phi) is 6.82. The maximum Gasteiger partial charge on any atom is 0.225 e. The SMILES string of the molecule is CCOc1ccccc1NC(=O)CCS(=O)(=O)c1cc2c(cc1Br)CCN2C(C)=O. The van der Waals surface area contributed by atoms with Gasteiger partial charge >= 0.3 is 0 Å². The second kappa shape index (κ2) is 9.18. The zero-order chi connectivity index (χ0) is 21.9. The van der Waals surface area contributed by atoms with Gasteiger partial charge in [-0.2, -0.15) is 0 Å². The van der Waals surface area contributed by atoms with Crippen LogP contribution < -0.4 is 15.0 Å². The van der Waals surface area contributed by atoms with Crippen molar-refractivity contribution in [2.24, 2.45) is 0 Å². The number of hydrogen-bond acceptors (Lipinski definition) is 5. The number of para-hydroxylation sites is 2. The molecule has 0 saturated carbocycles. The molecular weight excluding hydrogens is 472 g/mol. The molecule has 0 radical (unpaired) electrons. The van der Waals surface area contributed by atoms with Crippen molar-refractivity contribution < 1.29 is 22.7 Å². The summed E-state index contributed by atoms with van der Waals surface area (Å²) in [6.07, 6.45) is 0.470. The van der Waals surface area contributed by atoms with Crippen LogP contribution >= 0.6 is 15.9 Å². The molecule has 0 atom stereocenters. The number of nitrogens with zero attached hydrogens (tertiary/aromatic N) is 1. The molecule has 1 aliphatic heterocycles. The molecule has 1 N–H and O–H groups in total. The van der Waals surface area contributed by atoms with E-state index in [1.807, 2.05) is 6.92 Å². The molecule has 2 aromatic carbocycles. The number of sulfone groups is 1. The van der Waals surface area contributed by atoms with E-state index in [1.54, 1.807) is 35.2 Å². The topological polar surface area (TPSA) is 92.8 Å². The predicted octanol–water partition coefficient (Wildman–Crippen LogP) is 3.56. The van der Waals surface area contributed by atoms with E-state index < -0.39 is 15.7 Å². The fraction of sp³-hybridized carbons (Fsp3) is 0.333. The summed E-state index contributed by atoms with van der Waals surface area (Å²) in [4.78, 5) is 25.8. The van der Waals surface area contributed by atoms with Crippen LogP contribution in [0.25, 0.3) is 0 Å². The summed E-state index contributed by atoms with van der Waals surface area (Å²) in [6, 6.07) is 10.2. The molecule has 3 rings (SSSR count). The Balaban J connectivity index is 1.74. The van der Waals surface area contributed by atoms with Crippen LogP contribution in [0.1, 0.15) is 25.8 Å². The van der Waals surface area contributed by atoms with E-state index in [9.17, 15) is 18.0 Å². The smallest absolute Gasteiger partial charge is 0.225 e. The highest BCUT2D eigenvalue weighted by Gasteiger charge is 2.28. The summed E-state index contributed by atoms with van der Waals surface area (Å²) in [5.41, 5.74) is 2.03. The molecule has 2 aromatic rings. The first-order chi connectivity index (χ1) is 14.2. The number of amides is 2. The molecular formula is C21H23BrN2O5S. The average molecular weight is 495 g/mol. The van der Waals surface area contributed by atoms with Crippen LogP contribution in [0, 0.1) is 0 Å². The largest absolute Gasteiger partial charge is 0.492 e. The Morgan fingerprint density at radius 3 is 2.67 bits per heavy atom. The fourth-order valence-electron chi connectivity index (χ4n) is 3.35. The van der Waals surface area contributed by atoms with Crippen molar-refractivity contribution in [2.45, 2.75) is 31.6 Å². The monoisotopic (exact) mass is 494 g/mol. The van der Waals surface area contributed by atoms with Crippen molar-refractivity contribution in [3.8, 4) is 5.75 Å². The first-order valence-electron chi connectivity index (χ1n) is 9.58. The fourth-order valence-corrected chi connectivity index (χ4v) is 5.81. The number of nitrogens with one attached hydrogen (secondary N) is 1. The zero-order valence-corrected chi connectivity index (χ0v) is 19.2. The molecule has 0 fully saturated rings. The highest BCUT2D eigenvalue weighted by atomic mass is 79.9. The molecule has 0 spiro atoms. The number of carbonyl (C=O) groups is 2. The van der Waals surface area contributed by atoms with Crippen LogP contribution in [-0.2, 0) is 25.8 Å². The molecule has 0 saturated heterocycles. The van der Waals surface area contributed by atoms with E-state index in [2.05, 4.69) is 21.2 Å². The van der Waals surface area contributed by atoms with Crippen molar-refractivity contribution in [3.63, 3.8) is 0 Å². The number of rotatable bonds is 7. The predicted molar refractivity (Wildman–Crippen MR) is 119 cm³/mol. The molecule has 9 heteroatoms. The van der Waals surface area contributed by atoms with Gasteiger partial charge in [-0.3, -0.25) is 9.59 Å². The number of fused-ring (bicyclic) bond motifs is 1. The lowest BCUT2D eigenvalue weighted by atomic mass is 10.2. The van der Waals surface area contributed by atoms with Crippen molar-refractivity contribution in [1.29, 1.82) is 0 Å². The van der Waals surface area contributed by atoms with Gasteiger partial charge in [-0.15, -0.1) is 0 Å². The van der Waals surface area contributed by atoms with Gasteiger partial charge in [0.15, 0.2) is 9.84 Å². The lowest BCUT2D eigenvalue weighted by Crippen LogP contribution is -2.26. The van der Waals surface area contributed by atoms with Gasteiger partial charge in [-0.25, -0.2) is 8.42 Å². The lowest BCUT2D eigenvalue weighted by Gasteiger charge is -2.16. The third kappa shape index (κ3) is 4.84. The van der Waals surface area contributed by atoms with Crippen LogP contribution in [0.2, 0.25) is 0 Å². The van der Waals surface area contributed by atoms with Crippen LogP contribution in [0.5, 0.6) is 5.75 Å². The second-order valence-corrected chi connectivity index (χ2v) is 9.81. The van der Waals surface area contributed by atoms with Crippen LogP contribution in [-0.4, -0.2) is 39.1 Å². The second-order valence-electron chi connectivity index (χ2n) is 6.88. The summed E-state index contributed by atoms with van der Waals surface area (Å²) in [7, 11) is -3.75. The van der Waals surface area contributed by atoms with Gasteiger partial charge in [0, 0.05) is 30.0 Å². The molecule has 0 aliphatic carbocycles. The molecule has 30 heavy (non-hydrogen) atoms. The number of carbonyl (C=O) groups excluding carboxylic acids is 2. The van der Waals surface area contributed by atoms with Gasteiger partial charge < -0.3 is 15.0 Å².